The van der Waals surface area contributed by atoms with Gasteiger partial charge in [0.05, 0.1) is 17.2 Å². The van der Waals surface area contributed by atoms with E-state index in [9.17, 15) is 0 Å². The van der Waals surface area contributed by atoms with Crippen molar-refractivity contribution in [3.63, 3.8) is 0 Å². The Morgan fingerprint density at radius 3 is 2.96 bits per heavy atom. The second kappa shape index (κ2) is 5.71. The summed E-state index contributed by atoms with van der Waals surface area (Å²) in [6.07, 6.45) is 4.11. The molecule has 0 amide bonds. The van der Waals surface area contributed by atoms with E-state index in [-0.39, 0.29) is 0 Å². The van der Waals surface area contributed by atoms with Crippen LogP contribution >= 0.6 is 22.7 Å². The Kier molecular flexibility index (Phi) is 3.55. The Hall–Kier alpha value is -2.32. The van der Waals surface area contributed by atoms with Gasteiger partial charge in [0, 0.05) is 24.4 Å². The van der Waals surface area contributed by atoms with Crippen LogP contribution in [0, 0.1) is 6.92 Å². The number of aromatic nitrogens is 3. The molecule has 4 heterocycles. The summed E-state index contributed by atoms with van der Waals surface area (Å²) in [5.41, 5.74) is 3.11. The standard InChI is InChI=1S/C15H12N4O2S2/c1-8-12(22-13(17-8)9-3-2-5-16-7-9)14-18-11-10(19-20)4-6-21-15(11)23-14/h2-3,5,7,20H,4,6H2,1H3/b19-10+. The fraction of sp³-hybridized carbons (Fsp3) is 0.200. The second-order valence-corrected chi connectivity index (χ2v) is 6.94. The maximum atomic E-state index is 9.11. The van der Waals surface area contributed by atoms with Crippen molar-refractivity contribution in [1.29, 1.82) is 0 Å². The van der Waals surface area contributed by atoms with Crippen molar-refractivity contribution in [2.75, 3.05) is 6.61 Å². The summed E-state index contributed by atoms with van der Waals surface area (Å²) in [6, 6.07) is 3.88. The third-order valence-electron chi connectivity index (χ3n) is 3.46. The van der Waals surface area contributed by atoms with Crippen molar-refractivity contribution in [3.8, 4) is 25.5 Å². The molecule has 0 aromatic carbocycles. The fourth-order valence-corrected chi connectivity index (χ4v) is 4.49. The first-order valence-electron chi connectivity index (χ1n) is 6.99. The Balaban J connectivity index is 1.78. The quantitative estimate of drug-likeness (QED) is 0.567. The van der Waals surface area contributed by atoms with Gasteiger partial charge in [-0.25, -0.2) is 9.97 Å². The van der Waals surface area contributed by atoms with E-state index >= 15 is 0 Å². The number of hydrogen-bond donors (Lipinski definition) is 1. The minimum absolute atomic E-state index is 0.511. The second-order valence-electron chi connectivity index (χ2n) is 4.98. The number of ether oxygens (including phenoxy) is 1. The number of rotatable bonds is 2. The topological polar surface area (TPSA) is 80.5 Å². The molecule has 1 aliphatic rings. The molecule has 0 fully saturated rings. The van der Waals surface area contributed by atoms with Crippen LogP contribution in [0.15, 0.2) is 29.7 Å². The van der Waals surface area contributed by atoms with Crippen molar-refractivity contribution in [1.82, 2.24) is 15.0 Å². The predicted molar refractivity (Wildman–Crippen MR) is 89.6 cm³/mol. The molecule has 1 N–H and O–H groups in total. The number of pyridine rings is 1. The van der Waals surface area contributed by atoms with Crippen molar-refractivity contribution >= 4 is 28.4 Å². The minimum Gasteiger partial charge on any atom is -0.482 e. The minimum atomic E-state index is 0.511. The van der Waals surface area contributed by atoms with E-state index in [0.29, 0.717) is 29.5 Å². The van der Waals surface area contributed by atoms with Gasteiger partial charge in [0.25, 0.3) is 0 Å². The van der Waals surface area contributed by atoms with Crippen molar-refractivity contribution in [2.45, 2.75) is 13.3 Å². The Labute approximate surface area is 140 Å². The Morgan fingerprint density at radius 2 is 2.17 bits per heavy atom. The van der Waals surface area contributed by atoms with Gasteiger partial charge in [0.1, 0.15) is 21.4 Å². The van der Waals surface area contributed by atoms with Crippen molar-refractivity contribution in [2.24, 2.45) is 5.16 Å². The van der Waals surface area contributed by atoms with Crippen LogP contribution in [0.25, 0.3) is 20.5 Å². The van der Waals surface area contributed by atoms with Crippen LogP contribution in [-0.2, 0) is 0 Å². The maximum absolute atomic E-state index is 9.11. The van der Waals surface area contributed by atoms with E-state index in [0.717, 1.165) is 26.1 Å². The molecule has 1 aliphatic heterocycles. The Bertz CT molecular complexity index is 886. The number of oxime groups is 1. The van der Waals surface area contributed by atoms with Gasteiger partial charge >= 0.3 is 0 Å². The number of nitrogens with zero attached hydrogens (tertiary/aromatic N) is 4. The van der Waals surface area contributed by atoms with E-state index in [1.165, 1.54) is 11.3 Å². The highest BCUT2D eigenvalue weighted by atomic mass is 32.1. The third-order valence-corrected chi connectivity index (χ3v) is 5.79. The Morgan fingerprint density at radius 1 is 1.26 bits per heavy atom. The first-order valence-corrected chi connectivity index (χ1v) is 8.62. The van der Waals surface area contributed by atoms with Gasteiger partial charge in [-0.2, -0.15) is 0 Å². The van der Waals surface area contributed by atoms with Gasteiger partial charge < -0.3 is 9.94 Å². The first kappa shape index (κ1) is 14.3. The van der Waals surface area contributed by atoms with Crippen LogP contribution in [0.4, 0.5) is 0 Å². The van der Waals surface area contributed by atoms with Crippen LogP contribution in [-0.4, -0.2) is 32.5 Å². The normalized spacial score (nSPS) is 15.4. The van der Waals surface area contributed by atoms with Gasteiger partial charge in [-0.3, -0.25) is 4.98 Å². The van der Waals surface area contributed by atoms with Gasteiger partial charge in [0.2, 0.25) is 5.06 Å². The molecule has 0 saturated heterocycles. The molecule has 0 atom stereocenters. The molecule has 23 heavy (non-hydrogen) atoms. The first-order chi connectivity index (χ1) is 11.3. The zero-order chi connectivity index (χ0) is 15.8. The number of fused-ring (bicyclic) bond motifs is 1. The molecule has 3 aromatic heterocycles. The van der Waals surface area contributed by atoms with Crippen LogP contribution in [0.3, 0.4) is 0 Å². The largest absolute Gasteiger partial charge is 0.482 e. The summed E-state index contributed by atoms with van der Waals surface area (Å²) in [7, 11) is 0. The van der Waals surface area contributed by atoms with E-state index in [1.54, 1.807) is 23.7 Å². The van der Waals surface area contributed by atoms with E-state index < -0.39 is 0 Å². The van der Waals surface area contributed by atoms with Crippen LogP contribution in [0.2, 0.25) is 0 Å². The molecule has 0 saturated carbocycles. The van der Waals surface area contributed by atoms with Gasteiger partial charge in [-0.1, -0.05) is 16.5 Å². The lowest BCUT2D eigenvalue weighted by Crippen LogP contribution is -2.15. The zero-order valence-corrected chi connectivity index (χ0v) is 13.8. The summed E-state index contributed by atoms with van der Waals surface area (Å²) < 4.78 is 5.63. The summed E-state index contributed by atoms with van der Waals surface area (Å²) in [4.78, 5) is 14.4. The van der Waals surface area contributed by atoms with Gasteiger partial charge in [-0.15, -0.1) is 11.3 Å². The van der Waals surface area contributed by atoms with E-state index in [4.69, 9.17) is 9.94 Å². The number of hydrogen-bond acceptors (Lipinski definition) is 8. The molecule has 116 valence electrons. The molecule has 3 aromatic rings. The maximum Gasteiger partial charge on any atom is 0.204 e. The molecule has 8 heteroatoms. The lowest BCUT2D eigenvalue weighted by Gasteiger charge is -2.11. The molecule has 0 aliphatic carbocycles. The number of aryl methyl sites for hydroxylation is 1. The molecule has 0 radical (unpaired) electrons. The predicted octanol–water partition coefficient (Wildman–Crippen LogP) is 3.60. The molecular weight excluding hydrogens is 332 g/mol. The van der Waals surface area contributed by atoms with Gasteiger partial charge in [-0.05, 0) is 19.1 Å². The summed E-state index contributed by atoms with van der Waals surface area (Å²) >= 11 is 3.04. The zero-order valence-electron chi connectivity index (χ0n) is 12.2. The molecule has 4 rings (SSSR count). The molecule has 0 bridgehead atoms. The average Bonchev–Trinajstić information content (AvgIpc) is 3.18. The fourth-order valence-electron chi connectivity index (χ4n) is 2.35. The SMILES string of the molecule is Cc1nc(-c2cccnc2)sc1-c1nc2c(s1)OCC/C2=N\O. The third kappa shape index (κ3) is 2.49. The molecule has 0 unspecified atom stereocenters. The van der Waals surface area contributed by atoms with Crippen molar-refractivity contribution in [3.05, 3.63) is 35.9 Å². The summed E-state index contributed by atoms with van der Waals surface area (Å²) in [6.45, 7) is 2.48. The molecule has 6 nitrogen and oxygen atoms in total. The molecule has 0 spiro atoms. The molecular formula is C15H12N4O2S2. The van der Waals surface area contributed by atoms with E-state index in [2.05, 4.69) is 20.1 Å². The van der Waals surface area contributed by atoms with Crippen molar-refractivity contribution < 1.29 is 9.94 Å². The highest BCUT2D eigenvalue weighted by molar-refractivity contribution is 7.24. The lowest BCUT2D eigenvalue weighted by atomic mass is 10.2. The monoisotopic (exact) mass is 344 g/mol. The van der Waals surface area contributed by atoms with Crippen LogP contribution in [0.5, 0.6) is 5.06 Å². The highest BCUT2D eigenvalue weighted by Gasteiger charge is 2.25. The summed E-state index contributed by atoms with van der Waals surface area (Å²) in [5.74, 6) is 0. The van der Waals surface area contributed by atoms with E-state index in [1.807, 2.05) is 19.1 Å². The lowest BCUT2D eigenvalue weighted by molar-refractivity contribution is 0.301. The highest BCUT2D eigenvalue weighted by Crippen LogP contribution is 2.41. The van der Waals surface area contributed by atoms with Crippen LogP contribution < -0.4 is 4.74 Å². The number of thiazole rings is 2. The summed E-state index contributed by atoms with van der Waals surface area (Å²) in [5, 5.41) is 14.9. The van der Waals surface area contributed by atoms with Crippen LogP contribution in [0.1, 0.15) is 17.8 Å². The average molecular weight is 344 g/mol. The smallest absolute Gasteiger partial charge is 0.204 e. The van der Waals surface area contributed by atoms with Gasteiger partial charge in [0.15, 0.2) is 0 Å².